The van der Waals surface area contributed by atoms with Crippen LogP contribution in [0.4, 0.5) is 11.4 Å². The number of nitrogen functional groups attached to an aromatic ring is 2. The van der Waals surface area contributed by atoms with Gasteiger partial charge in [-0.25, -0.2) is 0 Å². The van der Waals surface area contributed by atoms with Crippen LogP contribution in [0.2, 0.25) is 0 Å². The van der Waals surface area contributed by atoms with E-state index in [0.717, 1.165) is 22.6 Å². The van der Waals surface area contributed by atoms with E-state index in [9.17, 15) is 0 Å². The van der Waals surface area contributed by atoms with Crippen molar-refractivity contribution in [1.82, 2.24) is 0 Å². The lowest BCUT2D eigenvalue weighted by atomic mass is 9.67. The lowest BCUT2D eigenvalue weighted by Crippen LogP contribution is -2.28. The van der Waals surface area contributed by atoms with Gasteiger partial charge in [0, 0.05) is 23.5 Å². The van der Waals surface area contributed by atoms with Crippen molar-refractivity contribution in [2.75, 3.05) is 11.5 Å². The van der Waals surface area contributed by atoms with Gasteiger partial charge in [-0.15, -0.1) is 0 Å². The molecule has 0 heterocycles. The summed E-state index contributed by atoms with van der Waals surface area (Å²) in [7, 11) is 0. The molecule has 0 amide bonds. The molecule has 0 atom stereocenters. The molecule has 0 radical (unpaired) electrons. The summed E-state index contributed by atoms with van der Waals surface area (Å²) in [6.07, 6.45) is 0. The first kappa shape index (κ1) is 24.6. The van der Waals surface area contributed by atoms with E-state index in [2.05, 4.69) is 84.9 Å². The Bertz CT molecular complexity index is 1760. The normalized spacial score (nSPS) is 12.8. The summed E-state index contributed by atoms with van der Waals surface area (Å²) in [6, 6.07) is 49.0. The van der Waals surface area contributed by atoms with E-state index >= 15 is 0 Å². The number of anilines is 2. The lowest BCUT2D eigenvalue weighted by molar-refractivity contribution is 0.480. The maximum atomic E-state index is 6.31. The van der Waals surface area contributed by atoms with Gasteiger partial charge in [0.05, 0.1) is 5.41 Å². The van der Waals surface area contributed by atoms with Gasteiger partial charge in [0.2, 0.25) is 0 Å². The zero-order chi connectivity index (χ0) is 27.8. The molecular weight excluding hydrogens is 504 g/mol. The standard InChI is InChI=1S/C37H28N2O2/c38-27-11-7-15-31(23-27)40-29-13-5-9-25(21-29)37(35-19-3-1-17-33(35)34-18-2-4-20-36(34)37)26-10-6-14-30(22-26)41-32-16-8-12-28(39)24-32/h1-24H,38-39H2. The predicted molar refractivity (Wildman–Crippen MR) is 166 cm³/mol. The molecule has 41 heavy (non-hydrogen) atoms. The van der Waals surface area contributed by atoms with Crippen LogP contribution < -0.4 is 20.9 Å². The van der Waals surface area contributed by atoms with Gasteiger partial charge in [-0.2, -0.15) is 0 Å². The first-order valence-corrected chi connectivity index (χ1v) is 13.6. The van der Waals surface area contributed by atoms with E-state index in [1.54, 1.807) is 0 Å². The molecule has 0 unspecified atom stereocenters. The highest BCUT2D eigenvalue weighted by molar-refractivity contribution is 5.86. The number of benzene rings is 6. The van der Waals surface area contributed by atoms with Crippen LogP contribution in [-0.2, 0) is 5.41 Å². The van der Waals surface area contributed by atoms with Crippen molar-refractivity contribution in [3.05, 3.63) is 168 Å². The van der Waals surface area contributed by atoms with Gasteiger partial charge in [0.15, 0.2) is 0 Å². The molecule has 0 aromatic heterocycles. The van der Waals surface area contributed by atoms with E-state index in [0.29, 0.717) is 22.9 Å². The third-order valence-electron chi connectivity index (χ3n) is 7.67. The molecule has 0 aliphatic heterocycles. The molecule has 4 nitrogen and oxygen atoms in total. The highest BCUT2D eigenvalue weighted by atomic mass is 16.5. The summed E-state index contributed by atoms with van der Waals surface area (Å²) in [6.45, 7) is 0. The molecule has 0 saturated heterocycles. The number of hydrogen-bond donors (Lipinski definition) is 2. The first-order chi connectivity index (χ1) is 20.1. The molecule has 0 spiro atoms. The Labute approximate surface area is 239 Å². The Hall–Kier alpha value is -5.48. The van der Waals surface area contributed by atoms with Crippen LogP contribution in [0.3, 0.4) is 0 Å². The molecule has 7 rings (SSSR count). The van der Waals surface area contributed by atoms with E-state index in [4.69, 9.17) is 20.9 Å². The van der Waals surface area contributed by atoms with Crippen molar-refractivity contribution in [3.8, 4) is 34.1 Å². The Morgan fingerprint density at radius 1 is 0.390 bits per heavy atom. The van der Waals surface area contributed by atoms with Crippen LogP contribution in [0.15, 0.2) is 146 Å². The number of ether oxygens (including phenoxy) is 2. The Balaban J connectivity index is 1.43. The summed E-state index contributed by atoms with van der Waals surface area (Å²) < 4.78 is 12.6. The molecule has 0 fully saturated rings. The van der Waals surface area contributed by atoms with E-state index in [1.807, 2.05) is 60.7 Å². The molecular formula is C37H28N2O2. The minimum Gasteiger partial charge on any atom is -0.457 e. The number of hydrogen-bond acceptors (Lipinski definition) is 4. The largest absolute Gasteiger partial charge is 0.457 e. The van der Waals surface area contributed by atoms with Gasteiger partial charge in [-0.1, -0.05) is 84.9 Å². The number of rotatable bonds is 6. The molecule has 0 saturated carbocycles. The molecule has 1 aliphatic carbocycles. The summed E-state index contributed by atoms with van der Waals surface area (Å²) >= 11 is 0. The maximum absolute atomic E-state index is 6.31. The average Bonchev–Trinajstić information content (AvgIpc) is 3.29. The fourth-order valence-electron chi connectivity index (χ4n) is 6.04. The third kappa shape index (κ3) is 4.26. The average molecular weight is 533 g/mol. The van der Waals surface area contributed by atoms with Crippen LogP contribution in [-0.4, -0.2) is 0 Å². The summed E-state index contributed by atoms with van der Waals surface area (Å²) in [5.41, 5.74) is 19.8. The minimum absolute atomic E-state index is 0.600. The second-order valence-corrected chi connectivity index (χ2v) is 10.2. The SMILES string of the molecule is Nc1cccc(Oc2cccc(C3(c4cccc(Oc5cccc(N)c5)c4)c4ccccc4-c4ccccc43)c2)c1. The van der Waals surface area contributed by atoms with Crippen molar-refractivity contribution < 1.29 is 9.47 Å². The predicted octanol–water partition coefficient (Wildman–Crippen LogP) is 8.80. The van der Waals surface area contributed by atoms with Gasteiger partial charge in [-0.3, -0.25) is 0 Å². The van der Waals surface area contributed by atoms with Crippen LogP contribution >= 0.6 is 0 Å². The van der Waals surface area contributed by atoms with Crippen molar-refractivity contribution in [3.63, 3.8) is 0 Å². The molecule has 4 N–H and O–H groups in total. The maximum Gasteiger partial charge on any atom is 0.129 e. The van der Waals surface area contributed by atoms with Gasteiger partial charge in [0.1, 0.15) is 23.0 Å². The second kappa shape index (κ2) is 9.92. The monoisotopic (exact) mass is 532 g/mol. The van der Waals surface area contributed by atoms with E-state index in [1.165, 1.54) is 22.3 Å². The van der Waals surface area contributed by atoms with Crippen molar-refractivity contribution in [1.29, 1.82) is 0 Å². The van der Waals surface area contributed by atoms with Gasteiger partial charge in [0.25, 0.3) is 0 Å². The fraction of sp³-hybridized carbons (Fsp3) is 0.0270. The van der Waals surface area contributed by atoms with Crippen LogP contribution in [0.25, 0.3) is 11.1 Å². The highest BCUT2D eigenvalue weighted by Crippen LogP contribution is 2.56. The topological polar surface area (TPSA) is 70.5 Å². The van der Waals surface area contributed by atoms with Gasteiger partial charge in [-0.05, 0) is 81.9 Å². The molecule has 4 heteroatoms. The number of nitrogens with two attached hydrogens (primary N) is 2. The Morgan fingerprint density at radius 2 is 0.780 bits per heavy atom. The fourth-order valence-corrected chi connectivity index (χ4v) is 6.04. The third-order valence-corrected chi connectivity index (χ3v) is 7.67. The highest BCUT2D eigenvalue weighted by Gasteiger charge is 2.46. The van der Waals surface area contributed by atoms with Crippen molar-refractivity contribution in [2.24, 2.45) is 0 Å². The molecule has 1 aliphatic rings. The second-order valence-electron chi connectivity index (χ2n) is 10.2. The molecule has 6 aromatic carbocycles. The smallest absolute Gasteiger partial charge is 0.129 e. The van der Waals surface area contributed by atoms with E-state index in [-0.39, 0.29) is 0 Å². The summed E-state index contributed by atoms with van der Waals surface area (Å²) in [4.78, 5) is 0. The quantitative estimate of drug-likeness (QED) is 0.210. The van der Waals surface area contributed by atoms with Gasteiger partial charge < -0.3 is 20.9 Å². The summed E-state index contributed by atoms with van der Waals surface area (Å²) in [5.74, 6) is 2.87. The Kier molecular flexibility index (Phi) is 5.94. The van der Waals surface area contributed by atoms with Crippen LogP contribution in [0.5, 0.6) is 23.0 Å². The number of fused-ring (bicyclic) bond motifs is 3. The van der Waals surface area contributed by atoms with Gasteiger partial charge >= 0.3 is 0 Å². The van der Waals surface area contributed by atoms with Crippen molar-refractivity contribution >= 4 is 11.4 Å². The molecule has 6 aromatic rings. The van der Waals surface area contributed by atoms with E-state index < -0.39 is 5.41 Å². The zero-order valence-corrected chi connectivity index (χ0v) is 22.3. The molecule has 0 bridgehead atoms. The van der Waals surface area contributed by atoms with Crippen LogP contribution in [0, 0.1) is 0 Å². The Morgan fingerprint density at radius 3 is 1.22 bits per heavy atom. The van der Waals surface area contributed by atoms with Crippen LogP contribution in [0.1, 0.15) is 22.3 Å². The molecule has 198 valence electrons. The summed E-state index contributed by atoms with van der Waals surface area (Å²) in [5, 5.41) is 0. The first-order valence-electron chi connectivity index (χ1n) is 13.6. The minimum atomic E-state index is -0.600. The lowest BCUT2D eigenvalue weighted by Gasteiger charge is -2.34. The van der Waals surface area contributed by atoms with Crippen molar-refractivity contribution in [2.45, 2.75) is 5.41 Å². The zero-order valence-electron chi connectivity index (χ0n) is 22.3.